The highest BCUT2D eigenvalue weighted by Gasteiger charge is 2.06. The van der Waals surface area contributed by atoms with Gasteiger partial charge in [0.1, 0.15) is 0 Å². The molecule has 0 saturated carbocycles. The molecule has 0 amide bonds. The highest BCUT2D eigenvalue weighted by molar-refractivity contribution is 8.51. The van der Waals surface area contributed by atoms with Gasteiger partial charge in [-0.2, -0.15) is 0 Å². The van der Waals surface area contributed by atoms with Gasteiger partial charge in [0.15, 0.2) is 0 Å². The van der Waals surface area contributed by atoms with Crippen molar-refractivity contribution in [2.45, 2.75) is 59.3 Å². The second-order valence-electron chi connectivity index (χ2n) is 4.03. The van der Waals surface area contributed by atoms with Gasteiger partial charge in [0.2, 0.25) is 0 Å². The number of hydrogen-bond acceptors (Lipinski definition) is 0. The zero-order chi connectivity index (χ0) is 11.4. The van der Waals surface area contributed by atoms with Crippen molar-refractivity contribution >= 4 is 23.8 Å². The molecule has 15 heavy (non-hydrogen) atoms. The molecule has 0 aromatic rings. The van der Waals surface area contributed by atoms with Crippen LogP contribution in [0.15, 0.2) is 0 Å². The van der Waals surface area contributed by atoms with Crippen LogP contribution in [0.3, 0.4) is 0 Å². The van der Waals surface area contributed by atoms with Gasteiger partial charge >= 0.3 is 0 Å². The monoisotopic (exact) mass is 266 g/mol. The van der Waals surface area contributed by atoms with Gasteiger partial charge in [0.05, 0.1) is 0 Å². The first kappa shape index (κ1) is 16.3. The average molecular weight is 266 g/mol. The minimum absolute atomic E-state index is 0.466. The SMILES string of the molecule is CCCCPP(CCCC)PCCCC. The fraction of sp³-hybridized carbons (Fsp3) is 1.00. The molecule has 0 aromatic heterocycles. The van der Waals surface area contributed by atoms with E-state index in [1.807, 2.05) is 0 Å². The standard InChI is InChI=1S/C12H29P3/c1-4-7-10-13-15(12-9-6-3)14-11-8-5-2/h13-14H,4-12H2,1-3H3. The predicted octanol–water partition coefficient (Wildman–Crippen LogP) is 6.06. The van der Waals surface area contributed by atoms with Crippen LogP contribution in [0.2, 0.25) is 0 Å². The maximum absolute atomic E-state index is 2.33. The molecule has 0 aliphatic rings. The lowest BCUT2D eigenvalue weighted by Gasteiger charge is -2.17. The van der Waals surface area contributed by atoms with E-state index in [2.05, 4.69) is 20.8 Å². The maximum atomic E-state index is 2.33. The van der Waals surface area contributed by atoms with E-state index < -0.39 is 0 Å². The van der Waals surface area contributed by atoms with Gasteiger partial charge in [-0.3, -0.25) is 0 Å². The zero-order valence-corrected chi connectivity index (χ0v) is 13.7. The number of unbranched alkanes of at least 4 members (excludes halogenated alkanes) is 3. The summed E-state index contributed by atoms with van der Waals surface area (Å²) in [6.07, 6.45) is 13.3. The van der Waals surface area contributed by atoms with Crippen LogP contribution < -0.4 is 0 Å². The topological polar surface area (TPSA) is 0 Å². The first-order valence-corrected chi connectivity index (χ1v) is 12.2. The summed E-state index contributed by atoms with van der Waals surface area (Å²) in [5, 5.41) is 0. The molecule has 0 nitrogen and oxygen atoms in total. The number of rotatable bonds is 11. The minimum atomic E-state index is 0.466. The molecule has 0 bridgehead atoms. The lowest BCUT2D eigenvalue weighted by molar-refractivity contribution is 0.890. The van der Waals surface area contributed by atoms with Crippen LogP contribution in [0.1, 0.15) is 59.3 Å². The molecule has 0 rings (SSSR count). The summed E-state index contributed by atoms with van der Waals surface area (Å²) in [5.41, 5.74) is 0. The Hall–Kier alpha value is 1.29. The highest BCUT2D eigenvalue weighted by Crippen LogP contribution is 2.69. The van der Waals surface area contributed by atoms with E-state index in [0.29, 0.717) is 7.30 Å². The normalized spacial score (nSPS) is 14.6. The third kappa shape index (κ3) is 11.6. The maximum Gasteiger partial charge on any atom is -0.0253 e. The second kappa shape index (κ2) is 13.4. The van der Waals surface area contributed by atoms with E-state index >= 15 is 0 Å². The van der Waals surface area contributed by atoms with Crippen molar-refractivity contribution in [2.24, 2.45) is 0 Å². The Bertz CT molecular complexity index is 107. The fourth-order valence-corrected chi connectivity index (χ4v) is 11.8. The molecule has 0 aromatic carbocycles. The van der Waals surface area contributed by atoms with Crippen LogP contribution >= 0.6 is 23.8 Å². The van der Waals surface area contributed by atoms with Crippen LogP contribution in [0.5, 0.6) is 0 Å². The van der Waals surface area contributed by atoms with E-state index in [-0.39, 0.29) is 0 Å². The molecule has 0 spiro atoms. The van der Waals surface area contributed by atoms with E-state index in [0.717, 1.165) is 0 Å². The molecular formula is C12H29P3. The van der Waals surface area contributed by atoms with Gasteiger partial charge < -0.3 is 0 Å². The van der Waals surface area contributed by atoms with Crippen molar-refractivity contribution in [3.8, 4) is 0 Å². The van der Waals surface area contributed by atoms with Crippen molar-refractivity contribution in [2.75, 3.05) is 18.5 Å². The third-order valence-corrected chi connectivity index (χ3v) is 12.9. The van der Waals surface area contributed by atoms with Gasteiger partial charge in [0, 0.05) is 0 Å². The first-order valence-electron chi connectivity index (χ1n) is 6.59. The molecule has 0 N–H and O–H groups in total. The molecule has 0 aliphatic carbocycles. The summed E-state index contributed by atoms with van der Waals surface area (Å²) in [7, 11) is 3.12. The Labute approximate surface area is 102 Å². The quantitative estimate of drug-likeness (QED) is 0.315. The second-order valence-corrected chi connectivity index (χ2v) is 13.4. The van der Waals surface area contributed by atoms with Crippen molar-refractivity contribution in [1.82, 2.24) is 0 Å². The minimum Gasteiger partial charge on any atom is -0.0918 e. The average Bonchev–Trinajstić information content (AvgIpc) is 2.25. The lowest BCUT2D eigenvalue weighted by atomic mass is 10.4. The van der Waals surface area contributed by atoms with Crippen LogP contribution in [-0.4, -0.2) is 18.5 Å². The molecule has 0 radical (unpaired) electrons. The summed E-state index contributed by atoms with van der Waals surface area (Å²) in [6, 6.07) is 0. The first-order chi connectivity index (χ1) is 7.35. The summed E-state index contributed by atoms with van der Waals surface area (Å²) in [5.74, 6) is 0. The van der Waals surface area contributed by atoms with Crippen LogP contribution in [0, 0.1) is 0 Å². The Morgan fingerprint density at radius 2 is 1.20 bits per heavy atom. The molecule has 2 atom stereocenters. The molecule has 0 fully saturated rings. The van der Waals surface area contributed by atoms with Gasteiger partial charge in [0.25, 0.3) is 0 Å². The van der Waals surface area contributed by atoms with Crippen LogP contribution in [0.25, 0.3) is 0 Å². The predicted molar refractivity (Wildman–Crippen MR) is 82.9 cm³/mol. The highest BCUT2D eigenvalue weighted by atomic mass is 32.4. The Kier molecular flexibility index (Phi) is 14.5. The molecule has 3 heteroatoms. The van der Waals surface area contributed by atoms with Gasteiger partial charge in [-0.15, -0.1) is 0 Å². The smallest absolute Gasteiger partial charge is 0.0253 e. The summed E-state index contributed by atoms with van der Waals surface area (Å²) in [4.78, 5) is 0. The molecule has 0 saturated heterocycles. The fourth-order valence-electron chi connectivity index (χ4n) is 1.31. The van der Waals surface area contributed by atoms with Gasteiger partial charge in [-0.05, 0) is 37.7 Å². The van der Waals surface area contributed by atoms with Crippen molar-refractivity contribution in [3.63, 3.8) is 0 Å². The van der Waals surface area contributed by atoms with Gasteiger partial charge in [-0.25, -0.2) is 0 Å². The molecule has 0 heterocycles. The van der Waals surface area contributed by atoms with E-state index in [4.69, 9.17) is 0 Å². The Morgan fingerprint density at radius 1 is 0.733 bits per heavy atom. The summed E-state index contributed by atoms with van der Waals surface area (Å²) in [6.45, 7) is 6.97. The lowest BCUT2D eigenvalue weighted by Crippen LogP contribution is -1.80. The molecular weight excluding hydrogens is 237 g/mol. The van der Waals surface area contributed by atoms with Crippen LogP contribution in [0.4, 0.5) is 0 Å². The molecule has 0 aliphatic heterocycles. The Balaban J connectivity index is 3.53. The summed E-state index contributed by atoms with van der Waals surface area (Å²) >= 11 is 0. The Morgan fingerprint density at radius 3 is 1.60 bits per heavy atom. The molecule has 92 valence electrons. The van der Waals surface area contributed by atoms with E-state index in [1.54, 1.807) is 6.16 Å². The molecule has 2 unspecified atom stereocenters. The van der Waals surface area contributed by atoms with Crippen molar-refractivity contribution in [1.29, 1.82) is 0 Å². The zero-order valence-electron chi connectivity index (χ0n) is 10.8. The summed E-state index contributed by atoms with van der Waals surface area (Å²) < 4.78 is 0. The van der Waals surface area contributed by atoms with Crippen LogP contribution in [-0.2, 0) is 0 Å². The van der Waals surface area contributed by atoms with Crippen molar-refractivity contribution < 1.29 is 0 Å². The van der Waals surface area contributed by atoms with E-state index in [1.165, 1.54) is 67.4 Å². The number of hydrogen-bond donors (Lipinski definition) is 0. The van der Waals surface area contributed by atoms with Crippen molar-refractivity contribution in [3.05, 3.63) is 0 Å². The van der Waals surface area contributed by atoms with Gasteiger partial charge in [-0.1, -0.05) is 63.9 Å². The van der Waals surface area contributed by atoms with E-state index in [9.17, 15) is 0 Å². The third-order valence-electron chi connectivity index (χ3n) is 2.40. The largest absolute Gasteiger partial charge is 0.0918 e.